The second kappa shape index (κ2) is 8.28. The Labute approximate surface area is 160 Å². The van der Waals surface area contributed by atoms with Gasteiger partial charge in [0.05, 0.1) is 13.2 Å². The summed E-state index contributed by atoms with van der Waals surface area (Å²) in [5.41, 5.74) is 0.0860. The molecule has 1 unspecified atom stereocenters. The topological polar surface area (TPSA) is 88.8 Å². The summed E-state index contributed by atoms with van der Waals surface area (Å²) in [5, 5.41) is 13.4. The van der Waals surface area contributed by atoms with E-state index in [4.69, 9.17) is 9.15 Å². The van der Waals surface area contributed by atoms with Crippen LogP contribution in [0.2, 0.25) is 0 Å². The van der Waals surface area contributed by atoms with Gasteiger partial charge in [-0.15, -0.1) is 11.8 Å². The van der Waals surface area contributed by atoms with Crippen LogP contribution in [0, 0.1) is 0 Å². The number of para-hydroxylation sites is 1. The molecule has 2 N–H and O–H groups in total. The maximum atomic E-state index is 12.4. The minimum Gasteiger partial charge on any atom is -0.493 e. The molecule has 0 aliphatic carbocycles. The summed E-state index contributed by atoms with van der Waals surface area (Å²) >= 11 is 1.60. The fourth-order valence-electron chi connectivity index (χ4n) is 2.67. The zero-order valence-corrected chi connectivity index (χ0v) is 15.7. The molecule has 0 spiro atoms. The van der Waals surface area contributed by atoms with Crippen LogP contribution in [0.15, 0.2) is 62.6 Å². The van der Waals surface area contributed by atoms with Crippen LogP contribution in [0.25, 0.3) is 11.0 Å². The second-order valence-corrected chi connectivity index (χ2v) is 6.70. The van der Waals surface area contributed by atoms with Crippen molar-refractivity contribution in [2.75, 3.05) is 19.9 Å². The van der Waals surface area contributed by atoms with E-state index in [1.165, 1.54) is 13.2 Å². The van der Waals surface area contributed by atoms with Gasteiger partial charge in [0, 0.05) is 16.8 Å². The SMILES string of the molecule is COc1cccc2cc(C(=O)NCC(O)c3ccc(SC)cc3)c(=O)oc12. The number of carbonyl (C=O) groups is 1. The van der Waals surface area contributed by atoms with Crippen molar-refractivity contribution in [1.29, 1.82) is 0 Å². The Morgan fingerprint density at radius 3 is 2.67 bits per heavy atom. The van der Waals surface area contributed by atoms with Crippen molar-refractivity contribution < 1.29 is 19.1 Å². The Kier molecular flexibility index (Phi) is 5.83. The van der Waals surface area contributed by atoms with Gasteiger partial charge in [-0.3, -0.25) is 4.79 Å². The van der Waals surface area contributed by atoms with Crippen LogP contribution in [0.5, 0.6) is 5.75 Å². The molecule has 1 aromatic heterocycles. The minimum atomic E-state index is -0.877. The molecule has 3 rings (SSSR count). The minimum absolute atomic E-state index is 0.0208. The molecule has 0 aliphatic heterocycles. The monoisotopic (exact) mass is 385 g/mol. The Bertz CT molecular complexity index is 1010. The molecule has 140 valence electrons. The van der Waals surface area contributed by atoms with Gasteiger partial charge >= 0.3 is 5.63 Å². The number of rotatable bonds is 6. The molecule has 27 heavy (non-hydrogen) atoms. The van der Waals surface area contributed by atoms with Crippen molar-refractivity contribution in [3.63, 3.8) is 0 Å². The summed E-state index contributed by atoms with van der Waals surface area (Å²) in [5.74, 6) is -0.186. The lowest BCUT2D eigenvalue weighted by atomic mass is 10.1. The number of hydrogen-bond acceptors (Lipinski definition) is 6. The van der Waals surface area contributed by atoms with Crippen molar-refractivity contribution in [2.24, 2.45) is 0 Å². The Morgan fingerprint density at radius 2 is 2.00 bits per heavy atom. The van der Waals surface area contributed by atoms with Crippen LogP contribution in [0.3, 0.4) is 0 Å². The van der Waals surface area contributed by atoms with Crippen molar-refractivity contribution in [3.8, 4) is 5.75 Å². The predicted molar refractivity (Wildman–Crippen MR) is 105 cm³/mol. The summed E-state index contributed by atoms with van der Waals surface area (Å²) < 4.78 is 10.4. The van der Waals surface area contributed by atoms with Gasteiger partial charge in [0.15, 0.2) is 11.3 Å². The van der Waals surface area contributed by atoms with Crippen LogP contribution >= 0.6 is 11.8 Å². The number of ether oxygens (including phenoxy) is 1. The van der Waals surface area contributed by atoms with E-state index in [0.717, 1.165) is 4.90 Å². The number of fused-ring (bicyclic) bond motifs is 1. The standard InChI is InChI=1S/C20H19NO5S/c1-25-17-5-3-4-13-10-15(20(24)26-18(13)17)19(23)21-11-16(22)12-6-8-14(27-2)9-7-12/h3-10,16,22H,11H2,1-2H3,(H,21,23). The maximum absolute atomic E-state index is 12.4. The molecule has 0 saturated carbocycles. The summed E-state index contributed by atoms with van der Waals surface area (Å²) in [7, 11) is 1.47. The van der Waals surface area contributed by atoms with E-state index in [-0.39, 0.29) is 17.7 Å². The number of aliphatic hydroxyl groups is 1. The van der Waals surface area contributed by atoms with Crippen LogP contribution in [-0.4, -0.2) is 30.9 Å². The van der Waals surface area contributed by atoms with E-state index in [0.29, 0.717) is 16.7 Å². The number of nitrogens with one attached hydrogen (secondary N) is 1. The van der Waals surface area contributed by atoms with E-state index in [9.17, 15) is 14.7 Å². The fourth-order valence-corrected chi connectivity index (χ4v) is 3.07. The summed E-state index contributed by atoms with van der Waals surface area (Å²) in [6, 6.07) is 14.0. The molecule has 2 aromatic carbocycles. The smallest absolute Gasteiger partial charge is 0.349 e. The number of carbonyl (C=O) groups excluding carboxylic acids is 1. The van der Waals surface area contributed by atoms with E-state index in [2.05, 4.69) is 5.32 Å². The maximum Gasteiger partial charge on any atom is 0.349 e. The first-order chi connectivity index (χ1) is 13.0. The van der Waals surface area contributed by atoms with Gasteiger partial charge in [0.2, 0.25) is 0 Å². The van der Waals surface area contributed by atoms with Crippen LogP contribution in [-0.2, 0) is 0 Å². The third-order valence-corrected chi connectivity index (χ3v) is 4.89. The van der Waals surface area contributed by atoms with E-state index < -0.39 is 17.6 Å². The van der Waals surface area contributed by atoms with Crippen molar-refractivity contribution in [2.45, 2.75) is 11.0 Å². The Balaban J connectivity index is 1.75. The van der Waals surface area contributed by atoms with Gasteiger partial charge in [-0.2, -0.15) is 0 Å². The molecule has 6 nitrogen and oxygen atoms in total. The van der Waals surface area contributed by atoms with Crippen LogP contribution < -0.4 is 15.7 Å². The third kappa shape index (κ3) is 4.15. The van der Waals surface area contributed by atoms with Gasteiger partial charge in [0.1, 0.15) is 5.56 Å². The largest absolute Gasteiger partial charge is 0.493 e. The average Bonchev–Trinajstić information content (AvgIpc) is 2.70. The highest BCUT2D eigenvalue weighted by Crippen LogP contribution is 2.24. The fraction of sp³-hybridized carbons (Fsp3) is 0.200. The summed E-state index contributed by atoms with van der Waals surface area (Å²) in [6.45, 7) is -0.0208. The lowest BCUT2D eigenvalue weighted by Gasteiger charge is -2.13. The first-order valence-electron chi connectivity index (χ1n) is 8.24. The number of benzene rings is 2. The normalized spacial score (nSPS) is 12.0. The van der Waals surface area contributed by atoms with E-state index >= 15 is 0 Å². The molecule has 3 aromatic rings. The zero-order chi connectivity index (χ0) is 19.4. The van der Waals surface area contributed by atoms with Crippen molar-refractivity contribution in [3.05, 3.63) is 70.1 Å². The molecule has 0 fully saturated rings. The average molecular weight is 385 g/mol. The van der Waals surface area contributed by atoms with E-state index in [1.807, 2.05) is 18.4 Å². The molecule has 1 amide bonds. The molecule has 0 radical (unpaired) electrons. The summed E-state index contributed by atoms with van der Waals surface area (Å²) in [4.78, 5) is 25.6. The van der Waals surface area contributed by atoms with Crippen LogP contribution in [0.1, 0.15) is 22.0 Å². The zero-order valence-electron chi connectivity index (χ0n) is 14.9. The quantitative estimate of drug-likeness (QED) is 0.501. The highest BCUT2D eigenvalue weighted by molar-refractivity contribution is 7.98. The second-order valence-electron chi connectivity index (χ2n) is 5.83. The van der Waals surface area contributed by atoms with Gasteiger partial charge in [-0.1, -0.05) is 24.3 Å². The first-order valence-corrected chi connectivity index (χ1v) is 9.47. The Morgan fingerprint density at radius 1 is 1.26 bits per heavy atom. The number of thioether (sulfide) groups is 1. The van der Waals surface area contributed by atoms with Crippen molar-refractivity contribution in [1.82, 2.24) is 5.32 Å². The third-order valence-electron chi connectivity index (χ3n) is 4.14. The highest BCUT2D eigenvalue weighted by atomic mass is 32.2. The van der Waals surface area contributed by atoms with E-state index in [1.54, 1.807) is 42.1 Å². The number of amides is 1. The molecule has 0 bridgehead atoms. The Hall–Kier alpha value is -2.77. The number of hydrogen-bond donors (Lipinski definition) is 2. The van der Waals surface area contributed by atoms with Gasteiger partial charge in [-0.05, 0) is 36.1 Å². The number of methoxy groups -OCH3 is 1. The molecule has 0 saturated heterocycles. The molecule has 7 heteroatoms. The summed E-state index contributed by atoms with van der Waals surface area (Å²) in [6.07, 6.45) is 1.09. The molecule has 1 atom stereocenters. The molecule has 0 aliphatic rings. The van der Waals surface area contributed by atoms with Crippen molar-refractivity contribution >= 4 is 28.6 Å². The lowest BCUT2D eigenvalue weighted by molar-refractivity contribution is 0.0912. The van der Waals surface area contributed by atoms with Gasteiger partial charge in [-0.25, -0.2) is 4.79 Å². The predicted octanol–water partition coefficient (Wildman–Crippen LogP) is 2.99. The molecular weight excluding hydrogens is 366 g/mol. The number of aliphatic hydroxyl groups excluding tert-OH is 1. The van der Waals surface area contributed by atoms with Gasteiger partial charge in [0.25, 0.3) is 5.91 Å². The molecular formula is C20H19NO5S. The van der Waals surface area contributed by atoms with Gasteiger partial charge < -0.3 is 19.6 Å². The van der Waals surface area contributed by atoms with Crippen LogP contribution in [0.4, 0.5) is 0 Å². The first kappa shape index (κ1) is 19.0. The molecule has 1 heterocycles. The highest BCUT2D eigenvalue weighted by Gasteiger charge is 2.17. The lowest BCUT2D eigenvalue weighted by Crippen LogP contribution is -2.31.